The zero-order valence-electron chi connectivity index (χ0n) is 19.0. The van der Waals surface area contributed by atoms with Gasteiger partial charge in [-0.1, -0.05) is 103 Å². The third kappa shape index (κ3) is 3.06. The molecule has 6 rings (SSSR count). The smallest absolute Gasteiger partial charge is 0.160 e. The van der Waals surface area contributed by atoms with Gasteiger partial charge in [-0.25, -0.2) is 9.67 Å². The van der Waals surface area contributed by atoms with Gasteiger partial charge in [0.15, 0.2) is 5.82 Å². The van der Waals surface area contributed by atoms with Crippen molar-refractivity contribution < 1.29 is 0 Å². The van der Waals surface area contributed by atoms with E-state index < -0.39 is 5.54 Å². The molecule has 5 aromatic rings. The van der Waals surface area contributed by atoms with E-state index in [1.807, 2.05) is 6.07 Å². The van der Waals surface area contributed by atoms with E-state index >= 15 is 0 Å². The summed E-state index contributed by atoms with van der Waals surface area (Å²) in [6.07, 6.45) is 0.860. The maximum atomic E-state index is 6.60. The van der Waals surface area contributed by atoms with E-state index in [9.17, 15) is 0 Å². The predicted molar refractivity (Wildman–Crippen MR) is 139 cm³/mol. The molecule has 0 fully saturated rings. The number of anilines is 1. The Kier molecular flexibility index (Phi) is 5.11. The molecule has 0 saturated carbocycles. The van der Waals surface area contributed by atoms with Crippen molar-refractivity contribution in [2.24, 2.45) is 0 Å². The molecular weight excluding hydrogens is 440 g/mol. The normalized spacial score (nSPS) is 13.4. The first-order valence-corrected chi connectivity index (χ1v) is 12.1. The van der Waals surface area contributed by atoms with Crippen LogP contribution in [0.4, 0.5) is 5.82 Å². The molecule has 3 heterocycles. The molecule has 0 amide bonds. The number of aromatic nitrogens is 3. The highest BCUT2D eigenvalue weighted by Crippen LogP contribution is 2.45. The number of hydrogen-bond acceptors (Lipinski definition) is 3. The number of likely N-dealkylation sites (N-methyl/N-ethyl adjacent to an activating group) is 1. The number of pyridine rings is 1. The molecule has 0 atom stereocenters. The van der Waals surface area contributed by atoms with Crippen LogP contribution in [0.25, 0.3) is 10.9 Å². The Hall–Kier alpha value is -3.63. The molecule has 5 heteroatoms. The van der Waals surface area contributed by atoms with Gasteiger partial charge >= 0.3 is 0 Å². The molecule has 168 valence electrons. The van der Waals surface area contributed by atoms with Crippen LogP contribution in [0.5, 0.6) is 0 Å². The summed E-state index contributed by atoms with van der Waals surface area (Å²) in [4.78, 5) is 7.04. The number of hydrogen-bond donors (Lipinski definition) is 0. The first-order valence-electron chi connectivity index (χ1n) is 11.7. The van der Waals surface area contributed by atoms with Crippen LogP contribution in [0.1, 0.15) is 29.3 Å². The molecule has 1 aliphatic heterocycles. The molecule has 1 aliphatic rings. The van der Waals surface area contributed by atoms with Gasteiger partial charge in [-0.15, -0.1) is 0 Å². The maximum absolute atomic E-state index is 6.60. The fraction of sp³-hybridized carbons (Fsp3) is 0.172. The Morgan fingerprint density at radius 2 is 1.35 bits per heavy atom. The molecule has 3 aromatic carbocycles. The Balaban J connectivity index is 1.81. The van der Waals surface area contributed by atoms with E-state index in [0.29, 0.717) is 5.15 Å². The van der Waals surface area contributed by atoms with E-state index in [4.69, 9.17) is 21.7 Å². The van der Waals surface area contributed by atoms with E-state index in [1.165, 1.54) is 0 Å². The van der Waals surface area contributed by atoms with Crippen molar-refractivity contribution in [1.29, 1.82) is 0 Å². The zero-order chi connectivity index (χ0) is 23.1. The highest BCUT2D eigenvalue weighted by Gasteiger charge is 2.42. The van der Waals surface area contributed by atoms with Crippen molar-refractivity contribution in [3.63, 3.8) is 0 Å². The minimum absolute atomic E-state index is 0.503. The number of benzene rings is 3. The van der Waals surface area contributed by atoms with Crippen LogP contribution in [0.3, 0.4) is 0 Å². The lowest BCUT2D eigenvalue weighted by Crippen LogP contribution is -2.38. The summed E-state index contributed by atoms with van der Waals surface area (Å²) in [5.74, 6) is 0.982. The van der Waals surface area contributed by atoms with E-state index in [-0.39, 0.29) is 0 Å². The number of nitrogens with zero attached hydrogens (tertiary/aromatic N) is 4. The van der Waals surface area contributed by atoms with Crippen LogP contribution in [-0.4, -0.2) is 27.9 Å². The maximum Gasteiger partial charge on any atom is 0.160 e. The number of halogens is 1. The third-order valence-corrected chi connectivity index (χ3v) is 7.07. The summed E-state index contributed by atoms with van der Waals surface area (Å²) in [6.45, 7) is 3.96. The van der Waals surface area contributed by atoms with E-state index in [0.717, 1.165) is 58.6 Å². The lowest BCUT2D eigenvalue weighted by Gasteiger charge is -2.37. The molecule has 4 nitrogen and oxygen atoms in total. The van der Waals surface area contributed by atoms with Gasteiger partial charge in [-0.05, 0) is 23.6 Å². The van der Waals surface area contributed by atoms with E-state index in [1.54, 1.807) is 0 Å². The van der Waals surface area contributed by atoms with Crippen molar-refractivity contribution in [3.8, 4) is 0 Å². The Morgan fingerprint density at radius 1 is 0.824 bits per heavy atom. The van der Waals surface area contributed by atoms with E-state index in [2.05, 4.69) is 108 Å². The first-order chi connectivity index (χ1) is 16.7. The van der Waals surface area contributed by atoms with Crippen molar-refractivity contribution in [3.05, 3.63) is 125 Å². The van der Waals surface area contributed by atoms with Crippen LogP contribution in [0.2, 0.25) is 5.15 Å². The SMILES string of the molecule is CCN1CCc2nc(Cl)cc3c2c1nn3C(c1ccccc1)(c1ccccc1)c1ccccc1. The van der Waals surface area contributed by atoms with Crippen molar-refractivity contribution in [2.45, 2.75) is 18.9 Å². The van der Waals surface area contributed by atoms with Crippen molar-refractivity contribution >= 4 is 28.3 Å². The molecule has 0 aliphatic carbocycles. The lowest BCUT2D eigenvalue weighted by atomic mass is 9.77. The third-order valence-electron chi connectivity index (χ3n) is 6.88. The Morgan fingerprint density at radius 3 is 1.85 bits per heavy atom. The van der Waals surface area contributed by atoms with Gasteiger partial charge in [0, 0.05) is 25.6 Å². The Labute approximate surface area is 204 Å². The van der Waals surface area contributed by atoms with Gasteiger partial charge in [-0.2, -0.15) is 5.10 Å². The minimum atomic E-state index is -0.689. The number of rotatable bonds is 5. The fourth-order valence-electron chi connectivity index (χ4n) is 5.38. The minimum Gasteiger partial charge on any atom is -0.354 e. The van der Waals surface area contributed by atoms with Gasteiger partial charge in [0.2, 0.25) is 0 Å². The first kappa shape index (κ1) is 20.9. The fourth-order valence-corrected chi connectivity index (χ4v) is 5.58. The molecule has 34 heavy (non-hydrogen) atoms. The highest BCUT2D eigenvalue weighted by atomic mass is 35.5. The van der Waals surface area contributed by atoms with Gasteiger partial charge in [-0.3, -0.25) is 0 Å². The van der Waals surface area contributed by atoms with Crippen LogP contribution in [0.15, 0.2) is 97.1 Å². The quantitative estimate of drug-likeness (QED) is 0.226. The molecule has 0 spiro atoms. The molecule has 0 bridgehead atoms. The predicted octanol–water partition coefficient (Wildman–Crippen LogP) is 6.31. The van der Waals surface area contributed by atoms with Crippen LogP contribution < -0.4 is 4.90 Å². The molecule has 0 N–H and O–H groups in total. The average Bonchev–Trinajstić information content (AvgIpc) is 3.27. The topological polar surface area (TPSA) is 34.0 Å². The van der Waals surface area contributed by atoms with Crippen LogP contribution >= 0.6 is 11.6 Å². The Bertz CT molecular complexity index is 1350. The highest BCUT2D eigenvalue weighted by molar-refractivity contribution is 6.30. The molecule has 0 saturated heterocycles. The average molecular weight is 465 g/mol. The van der Waals surface area contributed by atoms with Gasteiger partial charge in [0.05, 0.1) is 16.6 Å². The standard InChI is InChI=1S/C29H25ClN4/c1-2-33-19-18-24-27-25(20-26(30)31-24)34(32-28(27)33)29(21-12-6-3-7-13-21,22-14-8-4-9-15-22)23-16-10-5-11-17-23/h3-17,20H,2,18-19H2,1H3. The second kappa shape index (κ2) is 8.30. The summed E-state index contributed by atoms with van der Waals surface area (Å²) in [5.41, 5.74) is 4.75. The van der Waals surface area contributed by atoms with Crippen molar-refractivity contribution in [1.82, 2.24) is 14.8 Å². The largest absolute Gasteiger partial charge is 0.354 e. The van der Waals surface area contributed by atoms with Gasteiger partial charge < -0.3 is 4.90 Å². The molecule has 2 aromatic heterocycles. The van der Waals surface area contributed by atoms with Gasteiger partial charge in [0.1, 0.15) is 10.7 Å². The summed E-state index contributed by atoms with van der Waals surface area (Å²) >= 11 is 6.60. The zero-order valence-corrected chi connectivity index (χ0v) is 19.8. The van der Waals surface area contributed by atoms with Crippen LogP contribution in [0, 0.1) is 0 Å². The second-order valence-electron chi connectivity index (χ2n) is 8.66. The molecule has 0 radical (unpaired) electrons. The molecular formula is C29H25ClN4. The lowest BCUT2D eigenvalue weighted by molar-refractivity contribution is 0.475. The summed E-state index contributed by atoms with van der Waals surface area (Å²) < 4.78 is 2.18. The van der Waals surface area contributed by atoms with Crippen molar-refractivity contribution in [2.75, 3.05) is 18.0 Å². The van der Waals surface area contributed by atoms with Crippen LogP contribution in [-0.2, 0) is 12.0 Å². The second-order valence-corrected chi connectivity index (χ2v) is 9.05. The van der Waals surface area contributed by atoms with Gasteiger partial charge in [0.25, 0.3) is 0 Å². The summed E-state index contributed by atoms with van der Waals surface area (Å²) in [7, 11) is 0. The molecule has 0 unspecified atom stereocenters. The summed E-state index contributed by atoms with van der Waals surface area (Å²) in [6, 6.07) is 33.9. The monoisotopic (exact) mass is 464 g/mol. The summed E-state index contributed by atoms with van der Waals surface area (Å²) in [5, 5.41) is 6.96.